The van der Waals surface area contributed by atoms with E-state index in [4.69, 9.17) is 0 Å². The summed E-state index contributed by atoms with van der Waals surface area (Å²) in [6.45, 7) is 0.578. The molecule has 1 unspecified atom stereocenters. The Bertz CT molecular complexity index is 647. The van der Waals surface area contributed by atoms with Crippen LogP contribution >= 0.6 is 0 Å². The van der Waals surface area contributed by atoms with Gasteiger partial charge < -0.3 is 10.1 Å². The van der Waals surface area contributed by atoms with Gasteiger partial charge in [0.2, 0.25) is 10.0 Å². The number of nitrogens with one attached hydrogen (secondary N) is 2. The number of benzene rings is 1. The second-order valence-corrected chi connectivity index (χ2v) is 7.65. The first-order valence-corrected chi connectivity index (χ1v) is 8.65. The molecule has 1 aromatic rings. The van der Waals surface area contributed by atoms with Crippen molar-refractivity contribution in [2.24, 2.45) is 5.41 Å². The van der Waals surface area contributed by atoms with E-state index in [1.165, 1.54) is 0 Å². The van der Waals surface area contributed by atoms with E-state index in [0.29, 0.717) is 12.6 Å². The molecule has 23 heavy (non-hydrogen) atoms. The molecule has 1 fully saturated rings. The average Bonchev–Trinajstić information content (AvgIpc) is 2.48. The molecule has 9 heteroatoms. The maximum absolute atomic E-state index is 13.7. The van der Waals surface area contributed by atoms with E-state index < -0.39 is 28.2 Å². The highest BCUT2D eigenvalue weighted by molar-refractivity contribution is 7.89. The van der Waals surface area contributed by atoms with Crippen molar-refractivity contribution in [1.82, 2.24) is 10.0 Å². The van der Waals surface area contributed by atoms with Crippen LogP contribution in [-0.4, -0.2) is 34.7 Å². The molecule has 1 atom stereocenters. The second kappa shape index (κ2) is 7.06. The van der Waals surface area contributed by atoms with Gasteiger partial charge in [-0.2, -0.15) is 8.78 Å². The van der Waals surface area contributed by atoms with E-state index >= 15 is 0 Å². The highest BCUT2D eigenvalue weighted by Gasteiger charge is 2.29. The number of rotatable bonds is 6. The number of ether oxygens (including phenoxy) is 1. The van der Waals surface area contributed by atoms with Crippen molar-refractivity contribution >= 4 is 10.0 Å². The largest absolute Gasteiger partial charge is 0.432 e. The molecule has 1 aliphatic rings. The average molecular weight is 352 g/mol. The third-order valence-electron chi connectivity index (χ3n) is 3.80. The predicted octanol–water partition coefficient (Wildman–Crippen LogP) is 2.10. The minimum Gasteiger partial charge on any atom is -0.432 e. The van der Waals surface area contributed by atoms with E-state index in [-0.39, 0.29) is 16.9 Å². The fourth-order valence-corrected chi connectivity index (χ4v) is 3.67. The standard InChI is InChI=1S/C14H19F3N2O3S/c1-14(5-2-6-18-8-14)9-19-23(20,21)10-3-4-12(11(15)7-10)22-13(16)17/h3-4,7,13,18-19H,2,5-6,8-9H2,1H3. The third-order valence-corrected chi connectivity index (χ3v) is 5.20. The number of piperidine rings is 1. The van der Waals surface area contributed by atoms with Gasteiger partial charge in [0.15, 0.2) is 11.6 Å². The normalized spacial score (nSPS) is 22.3. The van der Waals surface area contributed by atoms with Crippen molar-refractivity contribution in [3.63, 3.8) is 0 Å². The molecular weight excluding hydrogens is 333 g/mol. The van der Waals surface area contributed by atoms with Gasteiger partial charge in [0, 0.05) is 13.1 Å². The number of hydrogen-bond acceptors (Lipinski definition) is 4. The molecule has 2 rings (SSSR count). The first-order chi connectivity index (χ1) is 10.7. The predicted molar refractivity (Wildman–Crippen MR) is 78.4 cm³/mol. The quantitative estimate of drug-likeness (QED) is 0.823. The van der Waals surface area contributed by atoms with Crippen LogP contribution in [0.4, 0.5) is 13.2 Å². The number of sulfonamides is 1. The summed E-state index contributed by atoms with van der Waals surface area (Å²) in [5.74, 6) is -1.85. The zero-order valence-corrected chi connectivity index (χ0v) is 13.4. The van der Waals surface area contributed by atoms with Gasteiger partial charge >= 0.3 is 6.61 Å². The molecule has 1 aliphatic heterocycles. The molecule has 0 radical (unpaired) electrons. The minimum atomic E-state index is -3.93. The van der Waals surface area contributed by atoms with Crippen molar-refractivity contribution in [3.05, 3.63) is 24.0 Å². The van der Waals surface area contributed by atoms with Gasteiger partial charge in [0.05, 0.1) is 4.90 Å². The summed E-state index contributed by atoms with van der Waals surface area (Å²) in [4.78, 5) is -0.330. The van der Waals surface area contributed by atoms with Crippen LogP contribution in [0.1, 0.15) is 19.8 Å². The topological polar surface area (TPSA) is 67.4 Å². The van der Waals surface area contributed by atoms with Crippen molar-refractivity contribution in [3.8, 4) is 5.75 Å². The summed E-state index contributed by atoms with van der Waals surface area (Å²) in [6.07, 6.45) is 1.82. The molecule has 1 heterocycles. The summed E-state index contributed by atoms with van der Waals surface area (Å²) in [5, 5.41) is 3.20. The molecular formula is C14H19F3N2O3S. The van der Waals surface area contributed by atoms with Gasteiger partial charge in [-0.25, -0.2) is 17.5 Å². The highest BCUT2D eigenvalue weighted by atomic mass is 32.2. The van der Waals surface area contributed by atoms with Gasteiger partial charge in [0.1, 0.15) is 0 Å². The van der Waals surface area contributed by atoms with Crippen LogP contribution in [-0.2, 0) is 10.0 Å². The molecule has 0 spiro atoms. The van der Waals surface area contributed by atoms with Gasteiger partial charge in [-0.05, 0) is 43.0 Å². The Morgan fingerprint density at radius 3 is 2.74 bits per heavy atom. The Morgan fingerprint density at radius 1 is 1.43 bits per heavy atom. The van der Waals surface area contributed by atoms with Crippen molar-refractivity contribution in [2.75, 3.05) is 19.6 Å². The van der Waals surface area contributed by atoms with Crippen molar-refractivity contribution in [2.45, 2.75) is 31.3 Å². The summed E-state index contributed by atoms with van der Waals surface area (Å²) >= 11 is 0. The Kier molecular flexibility index (Phi) is 5.53. The maximum atomic E-state index is 13.7. The molecule has 1 saturated heterocycles. The lowest BCUT2D eigenvalue weighted by molar-refractivity contribution is -0.0522. The smallest absolute Gasteiger partial charge is 0.387 e. The molecule has 0 aliphatic carbocycles. The van der Waals surface area contributed by atoms with Crippen LogP contribution in [0, 0.1) is 11.2 Å². The van der Waals surface area contributed by atoms with Crippen molar-refractivity contribution in [1.29, 1.82) is 0 Å². The molecule has 2 N–H and O–H groups in total. The fraction of sp³-hybridized carbons (Fsp3) is 0.571. The molecule has 0 saturated carbocycles. The minimum absolute atomic E-state index is 0.208. The molecule has 1 aromatic carbocycles. The van der Waals surface area contributed by atoms with Gasteiger partial charge in [0.25, 0.3) is 0 Å². The number of alkyl halides is 2. The maximum Gasteiger partial charge on any atom is 0.387 e. The monoisotopic (exact) mass is 352 g/mol. The van der Waals surface area contributed by atoms with Crippen LogP contribution in [0.2, 0.25) is 0 Å². The molecule has 0 aromatic heterocycles. The number of halogens is 3. The fourth-order valence-electron chi connectivity index (χ4n) is 2.46. The third kappa shape index (κ3) is 4.82. The first kappa shape index (κ1) is 18.0. The molecule has 130 valence electrons. The van der Waals surface area contributed by atoms with Crippen LogP contribution in [0.3, 0.4) is 0 Å². The van der Waals surface area contributed by atoms with Crippen LogP contribution in [0.15, 0.2) is 23.1 Å². The zero-order chi connectivity index (χ0) is 17.1. The summed E-state index contributed by atoms with van der Waals surface area (Å²) in [7, 11) is -3.93. The van der Waals surface area contributed by atoms with E-state index in [1.807, 2.05) is 6.92 Å². The molecule has 0 bridgehead atoms. The lowest BCUT2D eigenvalue weighted by Crippen LogP contribution is -2.45. The van der Waals surface area contributed by atoms with Gasteiger partial charge in [-0.1, -0.05) is 6.92 Å². The van der Waals surface area contributed by atoms with Crippen LogP contribution in [0.5, 0.6) is 5.75 Å². The zero-order valence-electron chi connectivity index (χ0n) is 12.6. The molecule has 5 nitrogen and oxygen atoms in total. The molecule has 0 amide bonds. The summed E-state index contributed by atoms with van der Waals surface area (Å²) < 4.78 is 68.6. The van der Waals surface area contributed by atoms with E-state index in [9.17, 15) is 21.6 Å². The SMILES string of the molecule is CC1(CNS(=O)(=O)c2ccc(OC(F)F)c(F)c2)CCCNC1. The van der Waals surface area contributed by atoms with E-state index in [0.717, 1.165) is 31.5 Å². The second-order valence-electron chi connectivity index (χ2n) is 5.89. The first-order valence-electron chi connectivity index (χ1n) is 7.17. The summed E-state index contributed by atoms with van der Waals surface area (Å²) in [6, 6.07) is 2.58. The van der Waals surface area contributed by atoms with E-state index in [1.54, 1.807) is 0 Å². The van der Waals surface area contributed by atoms with Crippen LogP contribution < -0.4 is 14.8 Å². The van der Waals surface area contributed by atoms with Gasteiger partial charge in [-0.3, -0.25) is 0 Å². The Morgan fingerprint density at radius 2 is 2.17 bits per heavy atom. The van der Waals surface area contributed by atoms with Crippen molar-refractivity contribution < 1.29 is 26.3 Å². The highest BCUT2D eigenvalue weighted by Crippen LogP contribution is 2.26. The Labute approximate surface area is 133 Å². The lowest BCUT2D eigenvalue weighted by atomic mass is 9.83. The summed E-state index contributed by atoms with van der Waals surface area (Å²) in [5.41, 5.74) is -0.220. The Hall–Kier alpha value is -1.32. The van der Waals surface area contributed by atoms with Crippen LogP contribution in [0.25, 0.3) is 0 Å². The van der Waals surface area contributed by atoms with Gasteiger partial charge in [-0.15, -0.1) is 0 Å². The lowest BCUT2D eigenvalue weighted by Gasteiger charge is -2.34. The van der Waals surface area contributed by atoms with E-state index in [2.05, 4.69) is 14.8 Å². The Balaban J connectivity index is 2.08. The number of hydrogen-bond donors (Lipinski definition) is 2.